The Morgan fingerprint density at radius 1 is 0.865 bits per heavy atom. The Morgan fingerprint density at radius 3 is 2.14 bits per heavy atom. The summed E-state index contributed by atoms with van der Waals surface area (Å²) in [7, 11) is 2.55. The van der Waals surface area contributed by atoms with Gasteiger partial charge in [-0.05, 0) is 36.8 Å². The molecule has 37 heavy (non-hydrogen) atoms. The molecule has 2 aromatic heterocycles. The van der Waals surface area contributed by atoms with Crippen molar-refractivity contribution >= 4 is 41.1 Å². The minimum atomic E-state index is -0.794. The molecule has 0 N–H and O–H groups in total. The van der Waals surface area contributed by atoms with E-state index in [0.717, 1.165) is 15.4 Å². The largest absolute Gasteiger partial charge is 0.366 e. The van der Waals surface area contributed by atoms with Crippen LogP contribution in [0.4, 0.5) is 20.7 Å². The van der Waals surface area contributed by atoms with Crippen molar-refractivity contribution < 1.29 is 18.8 Å². The smallest absolute Gasteiger partial charge is 0.333 e. The zero-order chi connectivity index (χ0) is 26.4. The van der Waals surface area contributed by atoms with E-state index in [1.54, 1.807) is 30.5 Å². The Labute approximate surface area is 211 Å². The number of aryl methyl sites for hydroxylation is 1. The predicted molar refractivity (Wildman–Crippen MR) is 136 cm³/mol. The molecular weight excluding hydrogens is 479 g/mol. The summed E-state index contributed by atoms with van der Waals surface area (Å²) < 4.78 is 15.7. The lowest BCUT2D eigenvalue weighted by molar-refractivity contribution is -0.134. The Morgan fingerprint density at radius 2 is 1.49 bits per heavy atom. The Balaban J connectivity index is 1.60. The van der Waals surface area contributed by atoms with Crippen LogP contribution in [0.25, 0.3) is 11.7 Å². The van der Waals surface area contributed by atoms with Crippen molar-refractivity contribution in [2.24, 2.45) is 0 Å². The third kappa shape index (κ3) is 4.02. The number of carbonyl (C=O) groups excluding carboxylic acids is 3. The number of hydrogen-bond donors (Lipinski definition) is 0. The molecule has 0 aliphatic carbocycles. The van der Waals surface area contributed by atoms with E-state index in [9.17, 15) is 23.6 Å². The number of para-hydroxylation sites is 1. The predicted octanol–water partition coefficient (Wildman–Crippen LogP) is 1.90. The fourth-order valence-electron chi connectivity index (χ4n) is 4.65. The topological polar surface area (TPSA) is 98.5 Å². The first-order valence-corrected chi connectivity index (χ1v) is 11.8. The average molecular weight is 505 g/mol. The van der Waals surface area contributed by atoms with Crippen LogP contribution < -0.4 is 15.4 Å². The highest BCUT2D eigenvalue weighted by Gasteiger charge is 2.38. The number of likely N-dealkylation sites (N-methyl/N-ethyl adjacent to an activating group) is 2. The van der Waals surface area contributed by atoms with E-state index < -0.39 is 23.4 Å². The number of urea groups is 1. The van der Waals surface area contributed by atoms with Gasteiger partial charge in [0, 0.05) is 46.5 Å². The molecular formula is C26H25FN6O4. The third-order valence-corrected chi connectivity index (χ3v) is 6.77. The van der Waals surface area contributed by atoms with Crippen LogP contribution in [-0.4, -0.2) is 77.3 Å². The second kappa shape index (κ2) is 9.16. The zero-order valence-corrected chi connectivity index (χ0v) is 20.6. The van der Waals surface area contributed by atoms with Crippen molar-refractivity contribution in [3.8, 4) is 0 Å². The van der Waals surface area contributed by atoms with E-state index >= 15 is 0 Å². The highest BCUT2D eigenvalue weighted by Crippen LogP contribution is 2.26. The lowest BCUT2D eigenvalue weighted by Gasteiger charge is -2.37. The number of hydrogen-bond acceptors (Lipinski definition) is 7. The summed E-state index contributed by atoms with van der Waals surface area (Å²) in [6.07, 6.45) is 2.80. The van der Waals surface area contributed by atoms with Gasteiger partial charge in [0.05, 0.1) is 11.3 Å². The molecule has 0 saturated carbocycles. The van der Waals surface area contributed by atoms with Gasteiger partial charge >= 0.3 is 6.03 Å². The summed E-state index contributed by atoms with van der Waals surface area (Å²) in [5.74, 6) is -1.58. The molecule has 2 saturated heterocycles. The molecule has 0 atom stereocenters. The fraction of sp³-hybridized carbons (Fsp3) is 0.269. The number of carbonyl (C=O) groups is 3. The molecule has 190 valence electrons. The standard InChI is InChI=1S/C26H25FN6O4/c1-16-7-6-10-33-21(16)28-22(32-13-11-31(12-14-32)20-9-5-4-8-19(20)27)17(25(33)36)15-18-23(34)29(2)26(37)30(3)24(18)35/h4-10,15H,11-14H2,1-3H3. The van der Waals surface area contributed by atoms with Gasteiger partial charge in [0.1, 0.15) is 22.9 Å². The van der Waals surface area contributed by atoms with Gasteiger partial charge in [-0.1, -0.05) is 18.2 Å². The molecule has 5 rings (SSSR count). The van der Waals surface area contributed by atoms with Gasteiger partial charge in [0.25, 0.3) is 17.4 Å². The summed E-state index contributed by atoms with van der Waals surface area (Å²) in [4.78, 5) is 61.8. The molecule has 11 heteroatoms. The number of nitrogens with zero attached hydrogens (tertiary/aromatic N) is 6. The van der Waals surface area contributed by atoms with Gasteiger partial charge in [-0.3, -0.25) is 28.6 Å². The monoisotopic (exact) mass is 504 g/mol. The zero-order valence-electron chi connectivity index (χ0n) is 20.6. The lowest BCUT2D eigenvalue weighted by Crippen LogP contribution is -2.53. The number of barbiturate groups is 1. The van der Waals surface area contributed by atoms with Crippen LogP contribution in [0.15, 0.2) is 53.0 Å². The van der Waals surface area contributed by atoms with E-state index in [0.29, 0.717) is 43.3 Å². The van der Waals surface area contributed by atoms with Crippen LogP contribution in [0.3, 0.4) is 0 Å². The molecule has 2 aliphatic rings. The highest BCUT2D eigenvalue weighted by atomic mass is 19.1. The number of amides is 4. The molecule has 2 fully saturated rings. The Hall–Kier alpha value is -4.54. The van der Waals surface area contributed by atoms with E-state index in [2.05, 4.69) is 0 Å². The minimum absolute atomic E-state index is 0.0651. The van der Waals surface area contributed by atoms with Crippen molar-refractivity contribution in [2.45, 2.75) is 6.92 Å². The number of aromatic nitrogens is 2. The van der Waals surface area contributed by atoms with E-state index in [4.69, 9.17) is 4.98 Å². The van der Waals surface area contributed by atoms with Gasteiger partial charge in [-0.25, -0.2) is 14.2 Å². The molecule has 2 aliphatic heterocycles. The summed E-state index contributed by atoms with van der Waals surface area (Å²) >= 11 is 0. The highest BCUT2D eigenvalue weighted by molar-refractivity contribution is 6.30. The van der Waals surface area contributed by atoms with Crippen molar-refractivity contribution in [3.63, 3.8) is 0 Å². The van der Waals surface area contributed by atoms with Gasteiger partial charge in [-0.15, -0.1) is 0 Å². The van der Waals surface area contributed by atoms with Crippen LogP contribution in [0, 0.1) is 12.7 Å². The maximum Gasteiger partial charge on any atom is 0.333 e. The van der Waals surface area contributed by atoms with Crippen LogP contribution in [0.2, 0.25) is 0 Å². The maximum absolute atomic E-state index is 14.3. The van der Waals surface area contributed by atoms with Crippen LogP contribution in [-0.2, 0) is 9.59 Å². The van der Waals surface area contributed by atoms with E-state index in [-0.39, 0.29) is 17.0 Å². The number of benzene rings is 1. The minimum Gasteiger partial charge on any atom is -0.366 e. The third-order valence-electron chi connectivity index (χ3n) is 6.77. The maximum atomic E-state index is 14.3. The quantitative estimate of drug-likeness (QED) is 0.397. The number of fused-ring (bicyclic) bond motifs is 1. The molecule has 0 bridgehead atoms. The molecule has 1 aromatic carbocycles. The molecule has 4 heterocycles. The average Bonchev–Trinajstić information content (AvgIpc) is 2.90. The first-order valence-electron chi connectivity index (χ1n) is 11.8. The van der Waals surface area contributed by atoms with Crippen molar-refractivity contribution in [3.05, 3.63) is 75.5 Å². The first-order chi connectivity index (χ1) is 17.7. The van der Waals surface area contributed by atoms with E-state index in [1.165, 1.54) is 30.6 Å². The normalized spacial score (nSPS) is 16.8. The molecule has 4 amide bonds. The number of piperazine rings is 1. The van der Waals surface area contributed by atoms with Crippen molar-refractivity contribution in [1.82, 2.24) is 19.2 Å². The van der Waals surface area contributed by atoms with Crippen LogP contribution in [0.1, 0.15) is 11.1 Å². The summed E-state index contributed by atoms with van der Waals surface area (Å²) in [5.41, 5.74) is 1.04. The second-order valence-electron chi connectivity index (χ2n) is 9.03. The Kier molecular flexibility index (Phi) is 5.98. The van der Waals surface area contributed by atoms with Crippen molar-refractivity contribution in [1.29, 1.82) is 0 Å². The molecule has 0 radical (unpaired) electrons. The van der Waals surface area contributed by atoms with Crippen LogP contribution >= 0.6 is 0 Å². The SMILES string of the molecule is Cc1cccn2c(=O)c(C=C3C(=O)N(C)C(=O)N(C)C3=O)c(N3CCN(c4ccccc4F)CC3)nc12. The lowest BCUT2D eigenvalue weighted by atomic mass is 10.1. The van der Waals surface area contributed by atoms with Gasteiger partial charge < -0.3 is 9.80 Å². The van der Waals surface area contributed by atoms with Crippen LogP contribution in [0.5, 0.6) is 0 Å². The summed E-state index contributed by atoms with van der Waals surface area (Å²) in [6, 6.07) is 9.36. The molecule has 0 spiro atoms. The van der Waals surface area contributed by atoms with Gasteiger partial charge in [0.2, 0.25) is 0 Å². The number of imide groups is 2. The van der Waals surface area contributed by atoms with E-state index in [1.807, 2.05) is 22.8 Å². The number of halogens is 1. The summed E-state index contributed by atoms with van der Waals surface area (Å²) in [6.45, 7) is 3.65. The fourth-order valence-corrected chi connectivity index (χ4v) is 4.65. The molecule has 3 aromatic rings. The number of pyridine rings is 1. The number of rotatable bonds is 3. The second-order valence-corrected chi connectivity index (χ2v) is 9.03. The summed E-state index contributed by atoms with van der Waals surface area (Å²) in [5, 5.41) is 0. The number of anilines is 2. The first kappa shape index (κ1) is 24.2. The molecule has 10 nitrogen and oxygen atoms in total. The molecule has 0 unspecified atom stereocenters. The van der Waals surface area contributed by atoms with Crippen molar-refractivity contribution in [2.75, 3.05) is 50.1 Å². The van der Waals surface area contributed by atoms with Gasteiger partial charge in [0.15, 0.2) is 0 Å². The Bertz CT molecular complexity index is 1510. The van der Waals surface area contributed by atoms with Gasteiger partial charge in [-0.2, -0.15) is 0 Å².